The SMILES string of the molecule is CCCn1c(C)nc2cc(NC(=O)CCc3cccnc3)ccc21. The molecule has 0 bridgehead atoms. The molecule has 5 heteroatoms. The molecule has 0 aliphatic rings. The van der Waals surface area contributed by atoms with Gasteiger partial charge in [-0.3, -0.25) is 9.78 Å². The number of imidazole rings is 1. The van der Waals surface area contributed by atoms with Gasteiger partial charge in [0.25, 0.3) is 0 Å². The zero-order valence-electron chi connectivity index (χ0n) is 14.1. The molecule has 1 amide bonds. The number of rotatable bonds is 6. The highest BCUT2D eigenvalue weighted by atomic mass is 16.1. The first-order valence-corrected chi connectivity index (χ1v) is 8.33. The van der Waals surface area contributed by atoms with Gasteiger partial charge in [0.15, 0.2) is 0 Å². The van der Waals surface area contributed by atoms with Gasteiger partial charge >= 0.3 is 0 Å². The van der Waals surface area contributed by atoms with E-state index < -0.39 is 0 Å². The topological polar surface area (TPSA) is 59.8 Å². The maximum absolute atomic E-state index is 12.1. The molecule has 0 saturated heterocycles. The van der Waals surface area contributed by atoms with E-state index in [2.05, 4.69) is 26.8 Å². The summed E-state index contributed by atoms with van der Waals surface area (Å²) in [4.78, 5) is 20.8. The molecule has 0 spiro atoms. The molecule has 0 fully saturated rings. The molecule has 0 radical (unpaired) electrons. The van der Waals surface area contributed by atoms with Gasteiger partial charge in [0.2, 0.25) is 5.91 Å². The van der Waals surface area contributed by atoms with Crippen molar-refractivity contribution in [2.45, 2.75) is 39.7 Å². The number of pyridine rings is 1. The number of nitrogens with zero attached hydrogens (tertiary/aromatic N) is 3. The molecule has 0 aliphatic heterocycles. The molecule has 24 heavy (non-hydrogen) atoms. The molecule has 0 atom stereocenters. The van der Waals surface area contributed by atoms with E-state index in [1.807, 2.05) is 37.3 Å². The number of aryl methyl sites for hydroxylation is 3. The molecule has 1 N–H and O–H groups in total. The van der Waals surface area contributed by atoms with Gasteiger partial charge in [0, 0.05) is 31.0 Å². The van der Waals surface area contributed by atoms with Crippen LogP contribution in [0.15, 0.2) is 42.7 Å². The minimum absolute atomic E-state index is 0.00270. The van der Waals surface area contributed by atoms with E-state index in [1.54, 1.807) is 12.4 Å². The summed E-state index contributed by atoms with van der Waals surface area (Å²) in [5.74, 6) is 1.01. The Morgan fingerprint density at radius 2 is 2.17 bits per heavy atom. The van der Waals surface area contributed by atoms with Crippen LogP contribution in [0.25, 0.3) is 11.0 Å². The first kappa shape index (κ1) is 16.2. The minimum Gasteiger partial charge on any atom is -0.328 e. The fourth-order valence-electron chi connectivity index (χ4n) is 2.86. The second-order valence-electron chi connectivity index (χ2n) is 5.92. The Balaban J connectivity index is 1.67. The van der Waals surface area contributed by atoms with Crippen molar-refractivity contribution >= 4 is 22.6 Å². The lowest BCUT2D eigenvalue weighted by atomic mass is 10.1. The number of aromatic nitrogens is 3. The van der Waals surface area contributed by atoms with Gasteiger partial charge in [-0.15, -0.1) is 0 Å². The number of anilines is 1. The first-order valence-electron chi connectivity index (χ1n) is 8.33. The number of carbonyl (C=O) groups is 1. The Hall–Kier alpha value is -2.69. The zero-order valence-corrected chi connectivity index (χ0v) is 14.1. The van der Waals surface area contributed by atoms with Crippen molar-refractivity contribution in [1.82, 2.24) is 14.5 Å². The van der Waals surface area contributed by atoms with Crippen LogP contribution in [0.3, 0.4) is 0 Å². The van der Waals surface area contributed by atoms with Gasteiger partial charge in [-0.2, -0.15) is 0 Å². The lowest BCUT2D eigenvalue weighted by Gasteiger charge is -2.07. The van der Waals surface area contributed by atoms with Crippen LogP contribution in [-0.2, 0) is 17.8 Å². The van der Waals surface area contributed by atoms with Gasteiger partial charge in [-0.25, -0.2) is 4.98 Å². The highest BCUT2D eigenvalue weighted by molar-refractivity contribution is 5.93. The van der Waals surface area contributed by atoms with Gasteiger partial charge in [-0.1, -0.05) is 13.0 Å². The molecular weight excluding hydrogens is 300 g/mol. The number of fused-ring (bicyclic) bond motifs is 1. The fraction of sp³-hybridized carbons (Fsp3) is 0.316. The number of hydrogen-bond acceptors (Lipinski definition) is 3. The van der Waals surface area contributed by atoms with Crippen molar-refractivity contribution in [3.63, 3.8) is 0 Å². The summed E-state index contributed by atoms with van der Waals surface area (Å²) in [6.07, 6.45) is 5.72. The van der Waals surface area contributed by atoms with E-state index in [0.29, 0.717) is 12.8 Å². The Kier molecular flexibility index (Phi) is 4.89. The molecule has 2 heterocycles. The van der Waals surface area contributed by atoms with Crippen molar-refractivity contribution in [3.05, 3.63) is 54.1 Å². The molecule has 3 aromatic rings. The Morgan fingerprint density at radius 3 is 2.92 bits per heavy atom. The van der Waals surface area contributed by atoms with Crippen LogP contribution >= 0.6 is 0 Å². The zero-order chi connectivity index (χ0) is 16.9. The average molecular weight is 322 g/mol. The van der Waals surface area contributed by atoms with E-state index in [1.165, 1.54) is 0 Å². The molecular formula is C19H22N4O. The second kappa shape index (κ2) is 7.25. The van der Waals surface area contributed by atoms with Crippen molar-refractivity contribution in [2.24, 2.45) is 0 Å². The van der Waals surface area contributed by atoms with E-state index in [9.17, 15) is 4.79 Å². The lowest BCUT2D eigenvalue weighted by Crippen LogP contribution is -2.12. The van der Waals surface area contributed by atoms with Crippen LogP contribution in [0.5, 0.6) is 0 Å². The number of benzene rings is 1. The summed E-state index contributed by atoms with van der Waals surface area (Å²) in [5, 5.41) is 2.96. The van der Waals surface area contributed by atoms with Gasteiger partial charge in [0.1, 0.15) is 5.82 Å². The third-order valence-corrected chi connectivity index (χ3v) is 4.03. The van der Waals surface area contributed by atoms with Crippen LogP contribution in [0.1, 0.15) is 31.2 Å². The Labute approximate surface area is 141 Å². The Morgan fingerprint density at radius 1 is 1.29 bits per heavy atom. The normalized spacial score (nSPS) is 10.9. The van der Waals surface area contributed by atoms with Gasteiger partial charge < -0.3 is 9.88 Å². The maximum Gasteiger partial charge on any atom is 0.224 e. The number of amides is 1. The summed E-state index contributed by atoms with van der Waals surface area (Å²) < 4.78 is 2.21. The standard InChI is InChI=1S/C19H22N4O/c1-3-11-23-14(2)21-17-12-16(7-8-18(17)23)22-19(24)9-6-15-5-4-10-20-13-15/h4-5,7-8,10,12-13H,3,6,9,11H2,1-2H3,(H,22,24). The maximum atomic E-state index is 12.1. The third kappa shape index (κ3) is 3.62. The van der Waals surface area contributed by atoms with Crippen molar-refractivity contribution in [1.29, 1.82) is 0 Å². The summed E-state index contributed by atoms with van der Waals surface area (Å²) in [6, 6.07) is 9.78. The summed E-state index contributed by atoms with van der Waals surface area (Å²) >= 11 is 0. The number of hydrogen-bond donors (Lipinski definition) is 1. The number of nitrogens with one attached hydrogen (secondary N) is 1. The van der Waals surface area contributed by atoms with E-state index in [-0.39, 0.29) is 5.91 Å². The third-order valence-electron chi connectivity index (χ3n) is 4.03. The van der Waals surface area contributed by atoms with Crippen LogP contribution in [-0.4, -0.2) is 20.4 Å². The molecule has 5 nitrogen and oxygen atoms in total. The van der Waals surface area contributed by atoms with Crippen molar-refractivity contribution in [3.8, 4) is 0 Å². The molecule has 3 rings (SSSR count). The predicted octanol–water partition coefficient (Wildman–Crippen LogP) is 3.72. The van der Waals surface area contributed by atoms with E-state index >= 15 is 0 Å². The number of carbonyl (C=O) groups excluding carboxylic acids is 1. The van der Waals surface area contributed by atoms with Gasteiger partial charge in [0.05, 0.1) is 11.0 Å². The molecule has 0 aliphatic carbocycles. The average Bonchev–Trinajstić information content (AvgIpc) is 2.89. The summed E-state index contributed by atoms with van der Waals surface area (Å²) in [7, 11) is 0. The van der Waals surface area contributed by atoms with Gasteiger partial charge in [-0.05, 0) is 49.6 Å². The summed E-state index contributed by atoms with van der Waals surface area (Å²) in [6.45, 7) is 5.13. The van der Waals surface area contributed by atoms with Crippen molar-refractivity contribution in [2.75, 3.05) is 5.32 Å². The predicted molar refractivity (Wildman–Crippen MR) is 95.9 cm³/mol. The quantitative estimate of drug-likeness (QED) is 0.752. The fourth-order valence-corrected chi connectivity index (χ4v) is 2.86. The second-order valence-corrected chi connectivity index (χ2v) is 5.92. The van der Waals surface area contributed by atoms with Crippen LogP contribution < -0.4 is 5.32 Å². The van der Waals surface area contributed by atoms with Crippen LogP contribution in [0.2, 0.25) is 0 Å². The molecule has 1 aromatic carbocycles. The van der Waals surface area contributed by atoms with Crippen LogP contribution in [0, 0.1) is 6.92 Å². The Bertz CT molecular complexity index is 839. The van der Waals surface area contributed by atoms with Crippen LogP contribution in [0.4, 0.5) is 5.69 Å². The lowest BCUT2D eigenvalue weighted by molar-refractivity contribution is -0.116. The largest absolute Gasteiger partial charge is 0.328 e. The monoisotopic (exact) mass is 322 g/mol. The summed E-state index contributed by atoms with van der Waals surface area (Å²) in [5.41, 5.74) is 3.89. The van der Waals surface area contributed by atoms with Crippen molar-refractivity contribution < 1.29 is 4.79 Å². The molecule has 124 valence electrons. The minimum atomic E-state index is 0.00270. The molecule has 0 saturated carbocycles. The molecule has 0 unspecified atom stereocenters. The first-order chi connectivity index (χ1) is 11.7. The van der Waals surface area contributed by atoms with E-state index in [0.717, 1.165) is 41.1 Å². The highest BCUT2D eigenvalue weighted by Gasteiger charge is 2.09. The van der Waals surface area contributed by atoms with E-state index in [4.69, 9.17) is 0 Å². The smallest absolute Gasteiger partial charge is 0.224 e. The molecule has 2 aromatic heterocycles. The highest BCUT2D eigenvalue weighted by Crippen LogP contribution is 2.21.